The Labute approximate surface area is 279 Å². The van der Waals surface area contributed by atoms with Crippen molar-refractivity contribution < 1.29 is 29.6 Å². The fourth-order valence-corrected chi connectivity index (χ4v) is 5.70. The van der Waals surface area contributed by atoms with E-state index in [-0.39, 0.29) is 0 Å². The van der Waals surface area contributed by atoms with Gasteiger partial charge in [-0.25, -0.2) is 14.6 Å². The van der Waals surface area contributed by atoms with E-state index < -0.39 is 23.5 Å². The van der Waals surface area contributed by atoms with Crippen LogP contribution in [-0.4, -0.2) is 64.9 Å². The van der Waals surface area contributed by atoms with Crippen LogP contribution in [0.2, 0.25) is 5.02 Å². The molecule has 0 spiro atoms. The third-order valence-corrected chi connectivity index (χ3v) is 7.99. The maximum Gasteiger partial charge on any atom is 0.328 e. The molecule has 0 aliphatic rings. The van der Waals surface area contributed by atoms with Crippen LogP contribution < -0.4 is 4.74 Å². The van der Waals surface area contributed by atoms with Crippen molar-refractivity contribution in [3.8, 4) is 17.0 Å². The van der Waals surface area contributed by atoms with Gasteiger partial charge < -0.3 is 25.0 Å². The van der Waals surface area contributed by atoms with E-state index in [0.717, 1.165) is 38.6 Å². The molecule has 1 heterocycles. The Balaban J connectivity index is 0.000000555. The van der Waals surface area contributed by atoms with Crippen LogP contribution in [0.3, 0.4) is 0 Å². The molecule has 0 aliphatic carbocycles. The van der Waals surface area contributed by atoms with Crippen molar-refractivity contribution in [2.45, 2.75) is 17.9 Å². The fourth-order valence-electron chi connectivity index (χ4n) is 5.58. The lowest BCUT2D eigenvalue weighted by Crippen LogP contribution is -2.38. The molecule has 0 amide bonds. The maximum atomic E-state index is 13.1. The van der Waals surface area contributed by atoms with Crippen LogP contribution in [0, 0.1) is 0 Å². The van der Waals surface area contributed by atoms with Crippen molar-refractivity contribution in [3.05, 3.63) is 143 Å². The third-order valence-electron chi connectivity index (χ3n) is 7.74. The minimum Gasteiger partial charge on any atom is -0.481 e. The average Bonchev–Trinajstić information content (AvgIpc) is 3.07. The minimum absolute atomic E-state index is 0.459. The molecule has 0 radical (unpaired) electrons. The molecule has 5 rings (SSSR count). The van der Waals surface area contributed by atoms with E-state index in [2.05, 4.69) is 47.4 Å². The van der Waals surface area contributed by atoms with Gasteiger partial charge in [-0.05, 0) is 66.2 Å². The molecule has 242 valence electrons. The number of carboxylic acid groups (broad SMARTS) is 2. The van der Waals surface area contributed by atoms with Gasteiger partial charge in [0.05, 0.1) is 7.11 Å². The molecule has 0 fully saturated rings. The van der Waals surface area contributed by atoms with Gasteiger partial charge in [-0.2, -0.15) is 0 Å². The zero-order valence-electron chi connectivity index (χ0n) is 26.4. The second-order valence-electron chi connectivity index (χ2n) is 11.2. The molecule has 1 aromatic heterocycles. The number of aliphatic carboxylic acids is 2. The SMILES string of the molecule is COc1ncc(-c2ccc(Cl)cc2)cc1[C@@H](c1ccccc1)[C@@](O)(CCN(C)C)c1cccc2ccccc12.O=C(O)/C=C/C(=O)O. The van der Waals surface area contributed by atoms with Crippen molar-refractivity contribution in [1.82, 2.24) is 9.88 Å². The van der Waals surface area contributed by atoms with Crippen LogP contribution in [0.25, 0.3) is 21.9 Å². The Kier molecular flexibility index (Phi) is 11.9. The Morgan fingerprint density at radius 2 is 1.49 bits per heavy atom. The van der Waals surface area contributed by atoms with Gasteiger partial charge in [-0.3, -0.25) is 0 Å². The predicted molar refractivity (Wildman–Crippen MR) is 185 cm³/mol. The molecular weight excluding hydrogens is 616 g/mol. The van der Waals surface area contributed by atoms with Crippen molar-refractivity contribution in [3.63, 3.8) is 0 Å². The number of hydrogen-bond acceptors (Lipinski definition) is 6. The number of fused-ring (bicyclic) bond motifs is 1. The van der Waals surface area contributed by atoms with Gasteiger partial charge in [-0.15, -0.1) is 0 Å². The van der Waals surface area contributed by atoms with Crippen molar-refractivity contribution in [2.75, 3.05) is 27.7 Å². The first-order valence-electron chi connectivity index (χ1n) is 14.9. The highest BCUT2D eigenvalue weighted by molar-refractivity contribution is 6.30. The summed E-state index contributed by atoms with van der Waals surface area (Å²) in [5.74, 6) is -2.48. The smallest absolute Gasteiger partial charge is 0.328 e. The van der Waals surface area contributed by atoms with Crippen LogP contribution in [0.4, 0.5) is 0 Å². The number of ether oxygens (including phenoxy) is 1. The van der Waals surface area contributed by atoms with E-state index in [1.165, 1.54) is 0 Å². The van der Waals surface area contributed by atoms with Gasteiger partial charge in [0.2, 0.25) is 5.88 Å². The normalized spacial score (nSPS) is 13.1. The second kappa shape index (κ2) is 16.0. The number of benzene rings is 4. The van der Waals surface area contributed by atoms with Gasteiger partial charge in [0.1, 0.15) is 5.60 Å². The van der Waals surface area contributed by atoms with Gasteiger partial charge in [0.15, 0.2) is 0 Å². The van der Waals surface area contributed by atoms with E-state index in [1.54, 1.807) is 7.11 Å². The van der Waals surface area contributed by atoms with E-state index in [4.69, 9.17) is 31.5 Å². The molecule has 0 saturated carbocycles. The molecule has 0 unspecified atom stereocenters. The Bertz CT molecular complexity index is 1820. The molecule has 9 heteroatoms. The molecule has 47 heavy (non-hydrogen) atoms. The molecule has 3 N–H and O–H groups in total. The lowest BCUT2D eigenvalue weighted by atomic mass is 9.70. The number of methoxy groups -OCH3 is 1. The van der Waals surface area contributed by atoms with Gasteiger partial charge >= 0.3 is 11.9 Å². The first kappa shape index (κ1) is 34.8. The standard InChI is InChI=1S/C34H33ClN2O2.C4H4O4/c1-37(2)21-20-34(38,31-15-9-13-25-10-7-8-14-29(25)31)32(26-11-5-4-6-12-26)30-22-27(23-36-33(30)39-3)24-16-18-28(35)19-17-24;5-3(6)1-2-4(7)8/h4-19,22-23,32,38H,20-21H2,1-3H3;1-2H,(H,5,6)(H,7,8)/b;2-1+/t32-,34-;/m1./s1. The molecule has 0 aliphatic heterocycles. The maximum absolute atomic E-state index is 13.1. The van der Waals surface area contributed by atoms with E-state index in [1.807, 2.05) is 81.0 Å². The molecule has 0 saturated heterocycles. The quantitative estimate of drug-likeness (QED) is 0.128. The number of nitrogens with zero attached hydrogens (tertiary/aromatic N) is 2. The van der Waals surface area contributed by atoms with Crippen molar-refractivity contribution >= 4 is 34.3 Å². The number of rotatable bonds is 11. The summed E-state index contributed by atoms with van der Waals surface area (Å²) in [6, 6.07) is 34.4. The highest BCUT2D eigenvalue weighted by Gasteiger charge is 2.43. The molecule has 0 bridgehead atoms. The number of aromatic nitrogens is 1. The van der Waals surface area contributed by atoms with Crippen LogP contribution in [-0.2, 0) is 15.2 Å². The number of hydrogen-bond donors (Lipinski definition) is 3. The fraction of sp³-hybridized carbons (Fsp3) is 0.184. The Morgan fingerprint density at radius 1 is 0.872 bits per heavy atom. The summed E-state index contributed by atoms with van der Waals surface area (Å²) in [4.78, 5) is 25.9. The third kappa shape index (κ3) is 8.83. The molecule has 5 aromatic rings. The zero-order chi connectivity index (χ0) is 34.0. The number of pyridine rings is 1. The van der Waals surface area contributed by atoms with Gasteiger partial charge in [-0.1, -0.05) is 96.5 Å². The average molecular weight is 653 g/mol. The largest absolute Gasteiger partial charge is 0.481 e. The first-order valence-corrected chi connectivity index (χ1v) is 15.3. The van der Waals surface area contributed by atoms with Crippen LogP contribution >= 0.6 is 11.6 Å². The molecule has 8 nitrogen and oxygen atoms in total. The Morgan fingerprint density at radius 3 is 2.11 bits per heavy atom. The summed E-state index contributed by atoms with van der Waals surface area (Å²) in [5.41, 5.74) is 3.33. The van der Waals surface area contributed by atoms with Gasteiger partial charge in [0, 0.05) is 47.0 Å². The summed E-state index contributed by atoms with van der Waals surface area (Å²) in [5, 5.41) is 31.5. The minimum atomic E-state index is -1.28. The van der Waals surface area contributed by atoms with E-state index in [9.17, 15) is 14.7 Å². The highest BCUT2D eigenvalue weighted by atomic mass is 35.5. The highest BCUT2D eigenvalue weighted by Crippen LogP contribution is 2.49. The zero-order valence-corrected chi connectivity index (χ0v) is 27.1. The van der Waals surface area contributed by atoms with Crippen LogP contribution in [0.15, 0.2) is 121 Å². The lowest BCUT2D eigenvalue weighted by molar-refractivity contribution is -0.134. The molecule has 2 atom stereocenters. The van der Waals surface area contributed by atoms with Crippen molar-refractivity contribution in [2.24, 2.45) is 0 Å². The van der Waals surface area contributed by atoms with Crippen molar-refractivity contribution in [1.29, 1.82) is 0 Å². The Hall–Kier alpha value is -5.02. The van der Waals surface area contributed by atoms with Crippen LogP contribution in [0.1, 0.15) is 29.0 Å². The van der Waals surface area contributed by atoms with E-state index >= 15 is 0 Å². The first-order chi connectivity index (χ1) is 22.5. The lowest BCUT2D eigenvalue weighted by Gasteiger charge is -2.39. The monoisotopic (exact) mass is 652 g/mol. The summed E-state index contributed by atoms with van der Waals surface area (Å²) in [6.07, 6.45) is 3.43. The summed E-state index contributed by atoms with van der Waals surface area (Å²) >= 11 is 6.17. The number of carbonyl (C=O) groups is 2. The number of aliphatic hydroxyl groups is 1. The second-order valence-corrected chi connectivity index (χ2v) is 11.6. The van der Waals surface area contributed by atoms with Gasteiger partial charge in [0.25, 0.3) is 0 Å². The van der Waals surface area contributed by atoms with E-state index in [0.29, 0.717) is 36.0 Å². The predicted octanol–water partition coefficient (Wildman–Crippen LogP) is 7.25. The number of halogens is 1. The number of carboxylic acids is 2. The molecular formula is C38H37ClN2O6. The summed E-state index contributed by atoms with van der Waals surface area (Å²) < 4.78 is 5.85. The topological polar surface area (TPSA) is 120 Å². The van der Waals surface area contributed by atoms with Crippen LogP contribution in [0.5, 0.6) is 5.88 Å². The summed E-state index contributed by atoms with van der Waals surface area (Å²) in [6.45, 7) is 0.690. The molecule has 4 aromatic carbocycles. The summed E-state index contributed by atoms with van der Waals surface area (Å²) in [7, 11) is 5.70.